The van der Waals surface area contributed by atoms with Gasteiger partial charge in [-0.1, -0.05) is 69.4 Å². The van der Waals surface area contributed by atoms with Gasteiger partial charge in [0.15, 0.2) is 0 Å². The van der Waals surface area contributed by atoms with Crippen LogP contribution in [0.4, 0.5) is 0 Å². The third kappa shape index (κ3) is 4.94. The maximum atomic E-state index is 3.70. The molecule has 1 aromatic carbocycles. The van der Waals surface area contributed by atoms with Crippen molar-refractivity contribution in [1.29, 1.82) is 0 Å². The van der Waals surface area contributed by atoms with Crippen LogP contribution < -0.4 is 5.32 Å². The van der Waals surface area contributed by atoms with E-state index in [1.807, 2.05) is 0 Å². The Balaban J connectivity index is 1.94. The summed E-state index contributed by atoms with van der Waals surface area (Å²) in [7, 11) is 0. The van der Waals surface area contributed by atoms with Crippen molar-refractivity contribution in [2.24, 2.45) is 17.8 Å². The lowest BCUT2D eigenvalue weighted by Crippen LogP contribution is -2.31. The van der Waals surface area contributed by atoms with Gasteiger partial charge in [0.1, 0.15) is 0 Å². The van der Waals surface area contributed by atoms with E-state index >= 15 is 0 Å². The first-order chi connectivity index (χ1) is 9.65. The van der Waals surface area contributed by atoms with Gasteiger partial charge in [-0.25, -0.2) is 0 Å². The van der Waals surface area contributed by atoms with Crippen LogP contribution in [0.5, 0.6) is 0 Å². The van der Waals surface area contributed by atoms with Crippen LogP contribution in [0.3, 0.4) is 0 Å². The molecule has 0 heterocycles. The molecule has 0 saturated heterocycles. The van der Waals surface area contributed by atoms with Crippen LogP contribution in [0, 0.1) is 24.7 Å². The third-order valence-corrected chi connectivity index (χ3v) is 4.61. The molecule has 20 heavy (non-hydrogen) atoms. The Morgan fingerprint density at radius 3 is 2.55 bits per heavy atom. The number of benzene rings is 1. The molecule has 1 atom stereocenters. The number of nitrogens with one attached hydrogen (secondary N) is 1. The zero-order valence-electron chi connectivity index (χ0n) is 13.5. The Labute approximate surface area is 125 Å². The second kappa shape index (κ2) is 7.83. The van der Waals surface area contributed by atoms with Crippen molar-refractivity contribution in [2.75, 3.05) is 13.1 Å². The largest absolute Gasteiger partial charge is 0.316 e. The lowest BCUT2D eigenvalue weighted by atomic mass is 9.85. The van der Waals surface area contributed by atoms with E-state index in [-0.39, 0.29) is 0 Å². The highest BCUT2D eigenvalue weighted by molar-refractivity contribution is 5.22. The van der Waals surface area contributed by atoms with E-state index in [1.165, 1.54) is 49.8 Å². The van der Waals surface area contributed by atoms with E-state index in [0.29, 0.717) is 0 Å². The maximum Gasteiger partial charge on any atom is -0.00146 e. The van der Waals surface area contributed by atoms with E-state index in [9.17, 15) is 0 Å². The highest BCUT2D eigenvalue weighted by Crippen LogP contribution is 2.33. The van der Waals surface area contributed by atoms with Gasteiger partial charge in [-0.3, -0.25) is 0 Å². The molecule has 1 unspecified atom stereocenters. The zero-order valence-corrected chi connectivity index (χ0v) is 13.5. The van der Waals surface area contributed by atoms with Gasteiger partial charge < -0.3 is 5.32 Å². The van der Waals surface area contributed by atoms with Crippen molar-refractivity contribution in [1.82, 2.24) is 5.32 Å². The molecule has 0 spiro atoms. The van der Waals surface area contributed by atoms with Crippen LogP contribution >= 0.6 is 0 Å². The first-order valence-corrected chi connectivity index (χ1v) is 8.41. The summed E-state index contributed by atoms with van der Waals surface area (Å²) in [6.07, 6.45) is 7.02. The fraction of sp³-hybridized carbons (Fsp3) is 0.684. The molecule has 0 aliphatic heterocycles. The van der Waals surface area contributed by atoms with Gasteiger partial charge in [-0.2, -0.15) is 0 Å². The van der Waals surface area contributed by atoms with Crippen LogP contribution in [0.1, 0.15) is 50.7 Å². The van der Waals surface area contributed by atoms with Gasteiger partial charge in [0.25, 0.3) is 0 Å². The van der Waals surface area contributed by atoms with Crippen molar-refractivity contribution in [3.05, 3.63) is 35.4 Å². The van der Waals surface area contributed by atoms with Crippen molar-refractivity contribution >= 4 is 0 Å². The Morgan fingerprint density at radius 2 is 1.90 bits per heavy atom. The topological polar surface area (TPSA) is 12.0 Å². The van der Waals surface area contributed by atoms with Crippen molar-refractivity contribution in [3.63, 3.8) is 0 Å². The predicted molar refractivity (Wildman–Crippen MR) is 88.0 cm³/mol. The number of rotatable bonds is 7. The highest BCUT2D eigenvalue weighted by Gasteiger charge is 2.24. The van der Waals surface area contributed by atoms with Crippen LogP contribution in [-0.4, -0.2) is 13.1 Å². The van der Waals surface area contributed by atoms with E-state index in [0.717, 1.165) is 24.3 Å². The number of hydrogen-bond acceptors (Lipinski definition) is 1. The van der Waals surface area contributed by atoms with E-state index < -0.39 is 0 Å². The number of aryl methyl sites for hydroxylation is 1. The summed E-state index contributed by atoms with van der Waals surface area (Å²) < 4.78 is 0. The molecule has 0 bridgehead atoms. The van der Waals surface area contributed by atoms with E-state index in [4.69, 9.17) is 0 Å². The van der Waals surface area contributed by atoms with Crippen LogP contribution in [-0.2, 0) is 6.42 Å². The molecule has 0 radical (unpaired) electrons. The highest BCUT2D eigenvalue weighted by atomic mass is 14.9. The first-order valence-electron chi connectivity index (χ1n) is 8.41. The number of hydrogen-bond donors (Lipinski definition) is 1. The molecule has 1 heteroatoms. The zero-order chi connectivity index (χ0) is 14.4. The minimum absolute atomic E-state index is 0.748. The molecule has 1 aliphatic carbocycles. The molecule has 2 rings (SSSR count). The monoisotopic (exact) mass is 273 g/mol. The minimum Gasteiger partial charge on any atom is -0.316 e. The standard InChI is InChI=1S/C19H31N/c1-15(2)13-20-14-19(18-9-4-5-10-18)12-17-8-6-7-16(3)11-17/h6-8,11,15,18-20H,4-5,9-10,12-14H2,1-3H3. The maximum absolute atomic E-state index is 3.70. The first kappa shape index (κ1) is 15.6. The summed E-state index contributed by atoms with van der Waals surface area (Å²) in [4.78, 5) is 0. The smallest absolute Gasteiger partial charge is 0.00146 e. The molecular weight excluding hydrogens is 242 g/mol. The lowest BCUT2D eigenvalue weighted by molar-refractivity contribution is 0.316. The van der Waals surface area contributed by atoms with Gasteiger partial charge in [-0.05, 0) is 49.8 Å². The predicted octanol–water partition coefficient (Wildman–Crippen LogP) is 4.59. The summed E-state index contributed by atoms with van der Waals surface area (Å²) in [5.41, 5.74) is 2.91. The summed E-state index contributed by atoms with van der Waals surface area (Å²) in [6.45, 7) is 9.12. The van der Waals surface area contributed by atoms with E-state index in [1.54, 1.807) is 0 Å². The van der Waals surface area contributed by atoms with Crippen LogP contribution in [0.25, 0.3) is 0 Å². The molecule has 1 nitrogen and oxygen atoms in total. The Bertz CT molecular complexity index is 391. The summed E-state index contributed by atoms with van der Waals surface area (Å²) >= 11 is 0. The van der Waals surface area contributed by atoms with Crippen LogP contribution in [0.2, 0.25) is 0 Å². The SMILES string of the molecule is Cc1cccc(CC(CNCC(C)C)C2CCCC2)c1. The van der Waals surface area contributed by atoms with Crippen molar-refractivity contribution < 1.29 is 0 Å². The van der Waals surface area contributed by atoms with Crippen molar-refractivity contribution in [3.8, 4) is 0 Å². The second-order valence-electron chi connectivity index (χ2n) is 7.05. The summed E-state index contributed by atoms with van der Waals surface area (Å²) in [5, 5.41) is 3.70. The lowest BCUT2D eigenvalue weighted by Gasteiger charge is -2.25. The average molecular weight is 273 g/mol. The average Bonchev–Trinajstić information content (AvgIpc) is 2.91. The van der Waals surface area contributed by atoms with Gasteiger partial charge in [0.05, 0.1) is 0 Å². The van der Waals surface area contributed by atoms with Crippen LogP contribution in [0.15, 0.2) is 24.3 Å². The molecule has 1 aromatic rings. The molecule has 1 aliphatic rings. The molecule has 1 fully saturated rings. The third-order valence-electron chi connectivity index (χ3n) is 4.61. The summed E-state index contributed by atoms with van der Waals surface area (Å²) in [6, 6.07) is 9.07. The molecule has 0 aromatic heterocycles. The summed E-state index contributed by atoms with van der Waals surface area (Å²) in [5.74, 6) is 2.51. The van der Waals surface area contributed by atoms with Gasteiger partial charge in [0.2, 0.25) is 0 Å². The fourth-order valence-corrected chi connectivity index (χ4v) is 3.53. The Hall–Kier alpha value is -0.820. The van der Waals surface area contributed by atoms with Gasteiger partial charge >= 0.3 is 0 Å². The Morgan fingerprint density at radius 1 is 1.15 bits per heavy atom. The van der Waals surface area contributed by atoms with Gasteiger partial charge in [-0.15, -0.1) is 0 Å². The van der Waals surface area contributed by atoms with Crippen molar-refractivity contribution in [2.45, 2.75) is 52.9 Å². The fourth-order valence-electron chi connectivity index (χ4n) is 3.53. The Kier molecular flexibility index (Phi) is 6.09. The normalized spacial score (nSPS) is 17.8. The molecule has 1 N–H and O–H groups in total. The van der Waals surface area contributed by atoms with E-state index in [2.05, 4.69) is 50.4 Å². The quantitative estimate of drug-likeness (QED) is 0.766. The minimum atomic E-state index is 0.748. The molecular formula is C19H31N. The molecule has 0 amide bonds. The second-order valence-corrected chi connectivity index (χ2v) is 7.05. The van der Waals surface area contributed by atoms with Gasteiger partial charge in [0, 0.05) is 0 Å². The molecule has 112 valence electrons. The molecule has 1 saturated carbocycles.